The highest BCUT2D eigenvalue weighted by Crippen LogP contribution is 2.25. The van der Waals surface area contributed by atoms with Crippen molar-refractivity contribution in [3.05, 3.63) is 0 Å². The molecule has 0 aromatic heterocycles. The number of carbonyl (C=O) groups is 1. The first-order chi connectivity index (χ1) is 7.34. The third-order valence-corrected chi connectivity index (χ3v) is 3.97. The van der Waals surface area contributed by atoms with E-state index in [9.17, 15) is 4.79 Å². The van der Waals surface area contributed by atoms with Crippen molar-refractivity contribution in [2.75, 3.05) is 0 Å². The Labute approximate surface area is 103 Å². The van der Waals surface area contributed by atoms with E-state index < -0.39 is 5.41 Å². The molecule has 0 aromatic carbocycles. The molecule has 0 heterocycles. The topological polar surface area (TPSA) is 55.1 Å². The first kappa shape index (κ1) is 13.4. The van der Waals surface area contributed by atoms with Crippen molar-refractivity contribution in [2.45, 2.75) is 52.5 Å². The molecule has 1 saturated carbocycles. The van der Waals surface area contributed by atoms with Crippen LogP contribution in [-0.2, 0) is 4.79 Å². The van der Waals surface area contributed by atoms with Crippen LogP contribution in [0.1, 0.15) is 46.5 Å². The molecule has 1 aliphatic rings. The van der Waals surface area contributed by atoms with Crippen LogP contribution in [0.3, 0.4) is 0 Å². The molecule has 0 radical (unpaired) electrons. The lowest BCUT2D eigenvalue weighted by atomic mass is 9.85. The molecule has 16 heavy (non-hydrogen) atoms. The summed E-state index contributed by atoms with van der Waals surface area (Å²) in [7, 11) is 0. The van der Waals surface area contributed by atoms with E-state index in [1.54, 1.807) is 13.8 Å². The lowest BCUT2D eigenvalue weighted by Gasteiger charge is -2.31. The molecule has 0 saturated heterocycles. The number of hydrogen-bond donors (Lipinski definition) is 2. The van der Waals surface area contributed by atoms with Crippen LogP contribution in [0.25, 0.3) is 0 Å². The van der Waals surface area contributed by atoms with Crippen molar-refractivity contribution in [1.82, 2.24) is 5.32 Å². The minimum atomic E-state index is -0.740. The Bertz CT molecular complexity index is 289. The van der Waals surface area contributed by atoms with Gasteiger partial charge in [0.2, 0.25) is 5.91 Å². The van der Waals surface area contributed by atoms with Gasteiger partial charge in [0.05, 0.1) is 10.4 Å². The van der Waals surface area contributed by atoms with Gasteiger partial charge in [-0.3, -0.25) is 4.79 Å². The highest BCUT2D eigenvalue weighted by atomic mass is 32.1. The Hall–Kier alpha value is -0.640. The van der Waals surface area contributed by atoms with Gasteiger partial charge in [-0.15, -0.1) is 0 Å². The molecule has 0 aliphatic heterocycles. The van der Waals surface area contributed by atoms with E-state index >= 15 is 0 Å². The standard InChI is InChI=1S/C12H22N2OS/c1-8-5-4-6-9(7-8)14-11(15)12(2,3)10(13)16/h8-9H,4-7H2,1-3H3,(H2,13,16)(H,14,15). The molecule has 1 rings (SSSR count). The fraction of sp³-hybridized carbons (Fsp3) is 0.833. The van der Waals surface area contributed by atoms with Crippen LogP contribution >= 0.6 is 12.2 Å². The van der Waals surface area contributed by atoms with Gasteiger partial charge in [-0.05, 0) is 32.6 Å². The summed E-state index contributed by atoms with van der Waals surface area (Å²) < 4.78 is 0. The van der Waals surface area contributed by atoms with E-state index in [0.717, 1.165) is 12.8 Å². The smallest absolute Gasteiger partial charge is 0.232 e. The first-order valence-electron chi connectivity index (χ1n) is 5.95. The maximum absolute atomic E-state index is 12.0. The second-order valence-corrected chi connectivity index (χ2v) is 5.87. The summed E-state index contributed by atoms with van der Waals surface area (Å²) >= 11 is 4.92. The van der Waals surface area contributed by atoms with Gasteiger partial charge in [0, 0.05) is 6.04 Å². The molecule has 0 spiro atoms. The molecular formula is C12H22N2OS. The summed E-state index contributed by atoms with van der Waals surface area (Å²) in [6, 6.07) is 0.296. The van der Waals surface area contributed by atoms with E-state index in [1.807, 2.05) is 0 Å². The quantitative estimate of drug-likeness (QED) is 0.744. The van der Waals surface area contributed by atoms with E-state index in [0.29, 0.717) is 12.0 Å². The maximum atomic E-state index is 12.0. The highest BCUT2D eigenvalue weighted by Gasteiger charge is 2.33. The monoisotopic (exact) mass is 242 g/mol. The molecule has 1 amide bonds. The second kappa shape index (κ2) is 5.13. The number of thiocarbonyl (C=S) groups is 1. The van der Waals surface area contributed by atoms with E-state index in [-0.39, 0.29) is 10.9 Å². The van der Waals surface area contributed by atoms with Crippen molar-refractivity contribution in [2.24, 2.45) is 17.1 Å². The van der Waals surface area contributed by atoms with E-state index in [4.69, 9.17) is 18.0 Å². The van der Waals surface area contributed by atoms with Gasteiger partial charge in [-0.2, -0.15) is 0 Å². The van der Waals surface area contributed by atoms with E-state index in [2.05, 4.69) is 12.2 Å². The Morgan fingerprint density at radius 3 is 2.56 bits per heavy atom. The van der Waals surface area contributed by atoms with Gasteiger partial charge in [0.1, 0.15) is 0 Å². The zero-order chi connectivity index (χ0) is 12.3. The molecule has 3 N–H and O–H groups in total. The Morgan fingerprint density at radius 2 is 2.06 bits per heavy atom. The molecule has 4 heteroatoms. The summed E-state index contributed by atoms with van der Waals surface area (Å²) in [6.07, 6.45) is 4.60. The normalized spacial score (nSPS) is 26.2. The minimum Gasteiger partial charge on any atom is -0.392 e. The Kier molecular flexibility index (Phi) is 4.30. The number of rotatable bonds is 3. The van der Waals surface area contributed by atoms with Gasteiger partial charge in [0.25, 0.3) is 0 Å². The van der Waals surface area contributed by atoms with Gasteiger partial charge in [0.15, 0.2) is 0 Å². The van der Waals surface area contributed by atoms with Crippen LogP contribution in [0.4, 0.5) is 0 Å². The molecule has 0 bridgehead atoms. The molecule has 92 valence electrons. The molecule has 2 atom stereocenters. The van der Waals surface area contributed by atoms with Crippen LogP contribution in [0, 0.1) is 11.3 Å². The summed E-state index contributed by atoms with van der Waals surface area (Å²) in [4.78, 5) is 12.3. The summed E-state index contributed by atoms with van der Waals surface area (Å²) in [5, 5.41) is 3.06. The van der Waals surface area contributed by atoms with Crippen molar-refractivity contribution < 1.29 is 4.79 Å². The molecule has 0 aromatic rings. The van der Waals surface area contributed by atoms with Crippen LogP contribution < -0.4 is 11.1 Å². The number of nitrogens with two attached hydrogens (primary N) is 1. The number of carbonyl (C=O) groups excluding carboxylic acids is 1. The highest BCUT2D eigenvalue weighted by molar-refractivity contribution is 7.80. The first-order valence-corrected chi connectivity index (χ1v) is 6.35. The molecule has 1 aliphatic carbocycles. The molecular weight excluding hydrogens is 220 g/mol. The van der Waals surface area contributed by atoms with Crippen LogP contribution in [0.2, 0.25) is 0 Å². The average Bonchev–Trinajstić information content (AvgIpc) is 2.17. The van der Waals surface area contributed by atoms with Gasteiger partial charge >= 0.3 is 0 Å². The predicted octanol–water partition coefficient (Wildman–Crippen LogP) is 1.99. The summed E-state index contributed by atoms with van der Waals surface area (Å²) in [6.45, 7) is 5.78. The lowest BCUT2D eigenvalue weighted by molar-refractivity contribution is -0.127. The van der Waals surface area contributed by atoms with Crippen molar-refractivity contribution >= 4 is 23.1 Å². The molecule has 1 fully saturated rings. The summed E-state index contributed by atoms with van der Waals surface area (Å²) in [5.41, 5.74) is 4.83. The maximum Gasteiger partial charge on any atom is 0.232 e. The predicted molar refractivity (Wildman–Crippen MR) is 70.1 cm³/mol. The van der Waals surface area contributed by atoms with Crippen LogP contribution in [-0.4, -0.2) is 16.9 Å². The lowest BCUT2D eigenvalue weighted by Crippen LogP contribution is -2.49. The number of nitrogens with one attached hydrogen (secondary N) is 1. The molecule has 2 unspecified atom stereocenters. The van der Waals surface area contributed by atoms with Crippen LogP contribution in [0.5, 0.6) is 0 Å². The van der Waals surface area contributed by atoms with Crippen molar-refractivity contribution in [3.63, 3.8) is 0 Å². The van der Waals surface area contributed by atoms with Gasteiger partial charge in [-0.25, -0.2) is 0 Å². The van der Waals surface area contributed by atoms with Crippen LogP contribution in [0.15, 0.2) is 0 Å². The average molecular weight is 242 g/mol. The van der Waals surface area contributed by atoms with Gasteiger partial charge in [-0.1, -0.05) is 32.0 Å². The van der Waals surface area contributed by atoms with E-state index in [1.165, 1.54) is 12.8 Å². The third kappa shape index (κ3) is 3.17. The largest absolute Gasteiger partial charge is 0.392 e. The zero-order valence-corrected chi connectivity index (χ0v) is 11.2. The third-order valence-electron chi connectivity index (χ3n) is 3.46. The second-order valence-electron chi connectivity index (χ2n) is 5.43. The number of amides is 1. The fourth-order valence-electron chi connectivity index (χ4n) is 2.04. The SMILES string of the molecule is CC1CCCC(NC(=O)C(C)(C)C(N)=S)C1. The Morgan fingerprint density at radius 1 is 1.44 bits per heavy atom. The summed E-state index contributed by atoms with van der Waals surface area (Å²) in [5.74, 6) is 0.658. The minimum absolute atomic E-state index is 0.0425. The fourth-order valence-corrected chi connectivity index (χ4v) is 2.14. The van der Waals surface area contributed by atoms with Gasteiger partial charge < -0.3 is 11.1 Å². The zero-order valence-electron chi connectivity index (χ0n) is 10.4. The van der Waals surface area contributed by atoms with Crippen molar-refractivity contribution in [1.29, 1.82) is 0 Å². The Balaban J connectivity index is 2.54. The van der Waals surface area contributed by atoms with Crippen molar-refractivity contribution in [3.8, 4) is 0 Å². The molecule has 3 nitrogen and oxygen atoms in total. The number of hydrogen-bond acceptors (Lipinski definition) is 2.